The van der Waals surface area contributed by atoms with Gasteiger partial charge in [-0.15, -0.1) is 0 Å². The van der Waals surface area contributed by atoms with Gasteiger partial charge in [-0.3, -0.25) is 10.1 Å². The average molecular weight is 283 g/mol. The minimum Gasteiger partial charge on any atom is -0.480 e. The predicted molar refractivity (Wildman–Crippen MR) is 67.0 cm³/mol. The van der Waals surface area contributed by atoms with Gasteiger partial charge in [0.15, 0.2) is 6.04 Å². The van der Waals surface area contributed by atoms with Gasteiger partial charge in [0.1, 0.15) is 0 Å². The molecule has 2 amide bonds. The minimum absolute atomic E-state index is 0.00865. The first-order chi connectivity index (χ1) is 9.43. The number of rotatable bonds is 6. The van der Waals surface area contributed by atoms with Crippen molar-refractivity contribution in [2.75, 3.05) is 6.61 Å². The van der Waals surface area contributed by atoms with Gasteiger partial charge < -0.3 is 20.8 Å². The lowest BCUT2D eigenvalue weighted by Gasteiger charge is -2.12. The van der Waals surface area contributed by atoms with Crippen LogP contribution in [0.15, 0.2) is 24.3 Å². The largest absolute Gasteiger partial charge is 0.480 e. The van der Waals surface area contributed by atoms with Gasteiger partial charge in [-0.2, -0.15) is 0 Å². The van der Waals surface area contributed by atoms with Crippen molar-refractivity contribution in [1.82, 2.24) is 10.6 Å². The molecule has 0 unspecified atom stereocenters. The molecular formula is C11H13N3O6. The van der Waals surface area contributed by atoms with E-state index in [9.17, 15) is 19.7 Å². The van der Waals surface area contributed by atoms with Crippen molar-refractivity contribution in [2.45, 2.75) is 12.6 Å². The van der Waals surface area contributed by atoms with Crippen LogP contribution >= 0.6 is 0 Å². The molecule has 0 aromatic heterocycles. The summed E-state index contributed by atoms with van der Waals surface area (Å²) in [6.07, 6.45) is 0. The smallest absolute Gasteiger partial charge is 0.328 e. The summed E-state index contributed by atoms with van der Waals surface area (Å²) in [6.45, 7) is -0.745. The second-order valence-corrected chi connectivity index (χ2v) is 3.83. The zero-order valence-electron chi connectivity index (χ0n) is 10.3. The summed E-state index contributed by atoms with van der Waals surface area (Å²) in [5, 5.41) is 32.3. The SMILES string of the molecule is O=C(NCc1cccc([N+](=O)[O-])c1)N[C@@H](CO)C(=O)O. The van der Waals surface area contributed by atoms with Gasteiger partial charge >= 0.3 is 12.0 Å². The number of nitrogens with zero attached hydrogens (tertiary/aromatic N) is 1. The molecule has 20 heavy (non-hydrogen) atoms. The number of non-ortho nitro benzene ring substituents is 1. The van der Waals surface area contributed by atoms with Crippen molar-refractivity contribution < 1.29 is 24.7 Å². The second-order valence-electron chi connectivity index (χ2n) is 3.83. The molecule has 4 N–H and O–H groups in total. The number of nitro benzene ring substituents is 1. The number of amides is 2. The Bertz CT molecular complexity index is 519. The number of carboxylic acid groups (broad SMARTS) is 1. The molecule has 108 valence electrons. The zero-order valence-corrected chi connectivity index (χ0v) is 10.3. The highest BCUT2D eigenvalue weighted by atomic mass is 16.6. The van der Waals surface area contributed by atoms with Crippen molar-refractivity contribution in [3.63, 3.8) is 0 Å². The monoisotopic (exact) mass is 283 g/mol. The summed E-state index contributed by atoms with van der Waals surface area (Å²) in [5.74, 6) is -1.36. The van der Waals surface area contributed by atoms with Gasteiger partial charge in [-0.1, -0.05) is 12.1 Å². The van der Waals surface area contributed by atoms with Crippen LogP contribution in [0.2, 0.25) is 0 Å². The highest BCUT2D eigenvalue weighted by Gasteiger charge is 2.18. The van der Waals surface area contributed by atoms with Gasteiger partial charge in [0.25, 0.3) is 5.69 Å². The molecule has 1 atom stereocenters. The summed E-state index contributed by atoms with van der Waals surface area (Å²) in [4.78, 5) is 32.0. The number of benzene rings is 1. The Balaban J connectivity index is 2.54. The molecule has 0 aliphatic rings. The molecule has 0 bridgehead atoms. The van der Waals surface area contributed by atoms with E-state index in [1.165, 1.54) is 18.2 Å². The summed E-state index contributed by atoms with van der Waals surface area (Å²) in [7, 11) is 0. The second kappa shape index (κ2) is 7.04. The number of hydrogen-bond donors (Lipinski definition) is 4. The number of carboxylic acids is 1. The molecule has 0 fully saturated rings. The zero-order chi connectivity index (χ0) is 15.1. The third kappa shape index (κ3) is 4.53. The van der Waals surface area contributed by atoms with E-state index >= 15 is 0 Å². The molecule has 0 saturated heterocycles. The molecule has 9 heteroatoms. The molecule has 0 aliphatic heterocycles. The van der Waals surface area contributed by atoms with Crippen LogP contribution in [0.25, 0.3) is 0 Å². The minimum atomic E-state index is -1.40. The Kier molecular flexibility index (Phi) is 5.42. The van der Waals surface area contributed by atoms with Crippen LogP contribution < -0.4 is 10.6 Å². The number of urea groups is 1. The summed E-state index contributed by atoms with van der Waals surface area (Å²) in [5.41, 5.74) is 0.383. The molecule has 1 rings (SSSR count). The van der Waals surface area contributed by atoms with E-state index in [-0.39, 0.29) is 12.2 Å². The maximum absolute atomic E-state index is 11.4. The number of carbonyl (C=O) groups excluding carboxylic acids is 1. The fourth-order valence-corrected chi connectivity index (χ4v) is 1.36. The number of hydrogen-bond acceptors (Lipinski definition) is 5. The lowest BCUT2D eigenvalue weighted by molar-refractivity contribution is -0.384. The van der Waals surface area contributed by atoms with E-state index in [4.69, 9.17) is 10.2 Å². The Labute approximate surface area is 113 Å². The van der Waals surface area contributed by atoms with E-state index in [0.717, 1.165) is 0 Å². The quantitative estimate of drug-likeness (QED) is 0.422. The average Bonchev–Trinajstić information content (AvgIpc) is 2.42. The van der Waals surface area contributed by atoms with Gasteiger partial charge in [0.2, 0.25) is 0 Å². The van der Waals surface area contributed by atoms with E-state index in [2.05, 4.69) is 5.32 Å². The number of aliphatic hydroxyl groups is 1. The van der Waals surface area contributed by atoms with Crippen molar-refractivity contribution in [3.8, 4) is 0 Å². The number of carbonyl (C=O) groups is 2. The van der Waals surface area contributed by atoms with Crippen LogP contribution in [0.4, 0.5) is 10.5 Å². The fourth-order valence-electron chi connectivity index (χ4n) is 1.36. The molecule has 0 aliphatic carbocycles. The molecule has 1 aromatic rings. The molecular weight excluding hydrogens is 270 g/mol. The first-order valence-electron chi connectivity index (χ1n) is 5.55. The Morgan fingerprint density at radius 3 is 2.65 bits per heavy atom. The Morgan fingerprint density at radius 1 is 1.40 bits per heavy atom. The number of aliphatic hydroxyl groups excluding tert-OH is 1. The van der Waals surface area contributed by atoms with Crippen molar-refractivity contribution in [3.05, 3.63) is 39.9 Å². The van der Waals surface area contributed by atoms with Gasteiger partial charge in [0, 0.05) is 18.7 Å². The maximum Gasteiger partial charge on any atom is 0.328 e. The topological polar surface area (TPSA) is 142 Å². The van der Waals surface area contributed by atoms with Gasteiger partial charge in [0.05, 0.1) is 11.5 Å². The number of nitrogens with one attached hydrogen (secondary N) is 2. The molecule has 0 radical (unpaired) electrons. The highest BCUT2D eigenvalue weighted by Crippen LogP contribution is 2.12. The standard InChI is InChI=1S/C11H13N3O6/c15-6-9(10(16)17)13-11(18)12-5-7-2-1-3-8(4-7)14(19)20/h1-4,9,15H,5-6H2,(H,16,17)(H2,12,13,18)/t9-/m0/s1. The van der Waals surface area contributed by atoms with Gasteiger partial charge in [-0.05, 0) is 5.56 Å². The highest BCUT2D eigenvalue weighted by molar-refractivity contribution is 5.82. The van der Waals surface area contributed by atoms with Gasteiger partial charge in [-0.25, -0.2) is 9.59 Å². The molecule has 0 heterocycles. The predicted octanol–water partition coefficient (Wildman–Crippen LogP) is -0.161. The normalized spacial score (nSPS) is 11.4. The van der Waals surface area contributed by atoms with Crippen molar-refractivity contribution in [2.24, 2.45) is 0 Å². The molecule has 0 spiro atoms. The van der Waals surface area contributed by atoms with Crippen LogP contribution in [0.3, 0.4) is 0 Å². The van der Waals surface area contributed by atoms with E-state index < -0.39 is 29.6 Å². The summed E-state index contributed by atoms with van der Waals surface area (Å²) >= 11 is 0. The maximum atomic E-state index is 11.4. The van der Waals surface area contributed by atoms with Crippen LogP contribution in [-0.4, -0.2) is 39.8 Å². The molecule has 1 aromatic carbocycles. The summed E-state index contributed by atoms with van der Waals surface area (Å²) < 4.78 is 0. The lowest BCUT2D eigenvalue weighted by atomic mass is 10.2. The summed E-state index contributed by atoms with van der Waals surface area (Å²) in [6, 6.07) is 3.46. The van der Waals surface area contributed by atoms with E-state index in [1.54, 1.807) is 6.07 Å². The first kappa shape index (κ1) is 15.4. The van der Waals surface area contributed by atoms with Crippen LogP contribution in [0.1, 0.15) is 5.56 Å². The van der Waals surface area contributed by atoms with E-state index in [1.807, 2.05) is 5.32 Å². The van der Waals surface area contributed by atoms with Crippen LogP contribution in [-0.2, 0) is 11.3 Å². The lowest BCUT2D eigenvalue weighted by Crippen LogP contribution is -2.47. The molecule has 9 nitrogen and oxygen atoms in total. The van der Waals surface area contributed by atoms with Crippen LogP contribution in [0, 0.1) is 10.1 Å². The Morgan fingerprint density at radius 2 is 2.10 bits per heavy atom. The fraction of sp³-hybridized carbons (Fsp3) is 0.273. The third-order valence-electron chi connectivity index (χ3n) is 2.36. The van der Waals surface area contributed by atoms with E-state index in [0.29, 0.717) is 5.56 Å². The third-order valence-corrected chi connectivity index (χ3v) is 2.36. The molecule has 0 saturated carbocycles. The van der Waals surface area contributed by atoms with Crippen molar-refractivity contribution >= 4 is 17.7 Å². The van der Waals surface area contributed by atoms with Crippen LogP contribution in [0.5, 0.6) is 0 Å². The Hall–Kier alpha value is -2.68. The first-order valence-corrected chi connectivity index (χ1v) is 5.55. The van der Waals surface area contributed by atoms with Crippen molar-refractivity contribution in [1.29, 1.82) is 0 Å². The number of aliphatic carboxylic acids is 1. The number of nitro groups is 1.